The molecule has 2 heteroatoms. The Morgan fingerprint density at radius 3 is 2.50 bits per heavy atom. The molecular formula is C16H15NS. The molecule has 0 amide bonds. The zero-order chi connectivity index (χ0) is 12.5. The second-order valence-corrected chi connectivity index (χ2v) is 5.11. The van der Waals surface area contributed by atoms with Crippen LogP contribution in [0.1, 0.15) is 16.7 Å². The summed E-state index contributed by atoms with van der Waals surface area (Å²) in [4.78, 5) is 3.32. The SMILES string of the molecule is Cc1ccc(Cc2c(S)[nH]c3ccccc23)cc1. The molecule has 1 aromatic heterocycles. The lowest BCUT2D eigenvalue weighted by molar-refractivity contribution is 1.10. The van der Waals surface area contributed by atoms with Crippen molar-refractivity contribution < 1.29 is 0 Å². The summed E-state index contributed by atoms with van der Waals surface area (Å²) >= 11 is 4.55. The van der Waals surface area contributed by atoms with E-state index in [0.29, 0.717) is 0 Å². The standard InChI is InChI=1S/C16H15NS/c1-11-6-8-12(9-7-11)10-14-13-4-2-3-5-15(13)17-16(14)18/h2-9,17-18H,10H2,1H3. The molecule has 90 valence electrons. The third-order valence-corrected chi connectivity index (χ3v) is 3.67. The Morgan fingerprint density at radius 2 is 1.72 bits per heavy atom. The summed E-state index contributed by atoms with van der Waals surface area (Å²) in [6.07, 6.45) is 0.920. The van der Waals surface area contributed by atoms with Crippen LogP contribution in [0.2, 0.25) is 0 Å². The van der Waals surface area contributed by atoms with Crippen molar-refractivity contribution in [3.8, 4) is 0 Å². The van der Waals surface area contributed by atoms with Crippen molar-refractivity contribution >= 4 is 23.5 Å². The van der Waals surface area contributed by atoms with E-state index in [0.717, 1.165) is 17.0 Å². The average Bonchev–Trinajstić information content (AvgIpc) is 2.69. The molecule has 1 heterocycles. The minimum Gasteiger partial charge on any atom is -0.350 e. The Morgan fingerprint density at radius 1 is 1.00 bits per heavy atom. The fourth-order valence-corrected chi connectivity index (χ4v) is 2.59. The number of aryl methyl sites for hydroxylation is 1. The van der Waals surface area contributed by atoms with E-state index in [-0.39, 0.29) is 0 Å². The van der Waals surface area contributed by atoms with Gasteiger partial charge >= 0.3 is 0 Å². The van der Waals surface area contributed by atoms with Crippen LogP contribution in [0.3, 0.4) is 0 Å². The topological polar surface area (TPSA) is 15.8 Å². The molecule has 0 aliphatic heterocycles. The largest absolute Gasteiger partial charge is 0.350 e. The Labute approximate surface area is 112 Å². The first kappa shape index (κ1) is 11.4. The van der Waals surface area contributed by atoms with Crippen LogP contribution in [0.5, 0.6) is 0 Å². The van der Waals surface area contributed by atoms with Gasteiger partial charge in [-0.1, -0.05) is 48.0 Å². The van der Waals surface area contributed by atoms with E-state index in [4.69, 9.17) is 0 Å². The highest BCUT2D eigenvalue weighted by atomic mass is 32.1. The van der Waals surface area contributed by atoms with Gasteiger partial charge in [0.2, 0.25) is 0 Å². The summed E-state index contributed by atoms with van der Waals surface area (Å²) in [5.74, 6) is 0. The quantitative estimate of drug-likeness (QED) is 0.631. The zero-order valence-electron chi connectivity index (χ0n) is 10.3. The molecular weight excluding hydrogens is 238 g/mol. The van der Waals surface area contributed by atoms with Crippen LogP contribution < -0.4 is 0 Å². The number of hydrogen-bond acceptors (Lipinski definition) is 1. The van der Waals surface area contributed by atoms with Gasteiger partial charge < -0.3 is 4.98 Å². The highest BCUT2D eigenvalue weighted by molar-refractivity contribution is 7.80. The number of rotatable bonds is 2. The molecule has 3 aromatic rings. The van der Waals surface area contributed by atoms with Gasteiger partial charge in [-0.15, -0.1) is 12.6 Å². The minimum atomic E-state index is 0.920. The number of nitrogens with one attached hydrogen (secondary N) is 1. The predicted octanol–water partition coefficient (Wildman–Crippen LogP) is 4.36. The van der Waals surface area contributed by atoms with E-state index in [9.17, 15) is 0 Å². The molecule has 1 N–H and O–H groups in total. The van der Waals surface area contributed by atoms with E-state index in [1.165, 1.54) is 22.1 Å². The van der Waals surface area contributed by atoms with Gasteiger partial charge in [0.15, 0.2) is 0 Å². The minimum absolute atomic E-state index is 0.920. The first-order valence-corrected chi connectivity index (χ1v) is 6.53. The second-order valence-electron chi connectivity index (χ2n) is 4.66. The Balaban J connectivity index is 2.04. The predicted molar refractivity (Wildman–Crippen MR) is 79.5 cm³/mol. The van der Waals surface area contributed by atoms with Crippen LogP contribution in [0.25, 0.3) is 10.9 Å². The number of aromatic nitrogens is 1. The average molecular weight is 253 g/mol. The van der Waals surface area contributed by atoms with E-state index >= 15 is 0 Å². The summed E-state index contributed by atoms with van der Waals surface area (Å²) in [6.45, 7) is 2.11. The van der Waals surface area contributed by atoms with Gasteiger partial charge in [-0.05, 0) is 24.1 Å². The molecule has 0 spiro atoms. The Bertz CT molecular complexity index is 680. The number of H-pyrrole nitrogens is 1. The van der Waals surface area contributed by atoms with Gasteiger partial charge in [0.05, 0.1) is 5.03 Å². The second kappa shape index (κ2) is 4.54. The maximum Gasteiger partial charge on any atom is 0.0737 e. The lowest BCUT2D eigenvalue weighted by Gasteiger charge is -2.02. The van der Waals surface area contributed by atoms with Crippen molar-refractivity contribution in [3.63, 3.8) is 0 Å². The number of para-hydroxylation sites is 1. The summed E-state index contributed by atoms with van der Waals surface area (Å²) in [5, 5.41) is 2.24. The number of benzene rings is 2. The van der Waals surface area contributed by atoms with Crippen molar-refractivity contribution in [3.05, 3.63) is 65.2 Å². The molecule has 0 radical (unpaired) electrons. The van der Waals surface area contributed by atoms with Gasteiger partial charge in [-0.3, -0.25) is 0 Å². The van der Waals surface area contributed by atoms with Gasteiger partial charge in [0, 0.05) is 17.3 Å². The Kier molecular flexibility index (Phi) is 2.88. The highest BCUT2D eigenvalue weighted by Crippen LogP contribution is 2.27. The van der Waals surface area contributed by atoms with Gasteiger partial charge in [0.25, 0.3) is 0 Å². The van der Waals surface area contributed by atoms with Crippen molar-refractivity contribution in [1.29, 1.82) is 0 Å². The summed E-state index contributed by atoms with van der Waals surface area (Å²) in [7, 11) is 0. The van der Waals surface area contributed by atoms with Crippen molar-refractivity contribution in [2.45, 2.75) is 18.4 Å². The van der Waals surface area contributed by atoms with E-state index < -0.39 is 0 Å². The van der Waals surface area contributed by atoms with Crippen molar-refractivity contribution in [1.82, 2.24) is 4.98 Å². The molecule has 0 aliphatic carbocycles. The fraction of sp³-hybridized carbons (Fsp3) is 0.125. The molecule has 0 bridgehead atoms. The first-order chi connectivity index (χ1) is 8.74. The maximum absolute atomic E-state index is 4.55. The molecule has 0 atom stereocenters. The lowest BCUT2D eigenvalue weighted by Crippen LogP contribution is -1.88. The molecule has 2 aromatic carbocycles. The maximum atomic E-state index is 4.55. The Hall–Kier alpha value is -1.67. The van der Waals surface area contributed by atoms with Crippen molar-refractivity contribution in [2.75, 3.05) is 0 Å². The van der Waals surface area contributed by atoms with Crippen molar-refractivity contribution in [2.24, 2.45) is 0 Å². The monoisotopic (exact) mass is 253 g/mol. The van der Waals surface area contributed by atoms with Gasteiger partial charge in [-0.25, -0.2) is 0 Å². The highest BCUT2D eigenvalue weighted by Gasteiger charge is 2.08. The summed E-state index contributed by atoms with van der Waals surface area (Å²) in [5.41, 5.74) is 5.05. The molecule has 1 nitrogen and oxygen atoms in total. The van der Waals surface area contributed by atoms with E-state index in [1.54, 1.807) is 0 Å². The molecule has 0 fully saturated rings. The van der Waals surface area contributed by atoms with Gasteiger partial charge in [0.1, 0.15) is 0 Å². The molecule has 0 saturated heterocycles. The van der Waals surface area contributed by atoms with Crippen LogP contribution in [0.4, 0.5) is 0 Å². The van der Waals surface area contributed by atoms with Crippen LogP contribution in [-0.2, 0) is 6.42 Å². The molecule has 0 aliphatic rings. The van der Waals surface area contributed by atoms with Crippen LogP contribution in [0.15, 0.2) is 53.6 Å². The lowest BCUT2D eigenvalue weighted by atomic mass is 10.0. The number of thiol groups is 1. The third kappa shape index (κ3) is 2.04. The summed E-state index contributed by atoms with van der Waals surface area (Å²) in [6, 6.07) is 17.0. The number of hydrogen-bond donors (Lipinski definition) is 2. The summed E-state index contributed by atoms with van der Waals surface area (Å²) < 4.78 is 0. The van der Waals surface area contributed by atoms with Crippen LogP contribution >= 0.6 is 12.6 Å². The van der Waals surface area contributed by atoms with Gasteiger partial charge in [-0.2, -0.15) is 0 Å². The van der Waals surface area contributed by atoms with E-state index in [2.05, 4.69) is 67.0 Å². The fourth-order valence-electron chi connectivity index (χ4n) is 2.27. The van der Waals surface area contributed by atoms with Crippen LogP contribution in [-0.4, -0.2) is 4.98 Å². The molecule has 18 heavy (non-hydrogen) atoms. The normalized spacial score (nSPS) is 11.0. The number of aromatic amines is 1. The molecule has 0 unspecified atom stereocenters. The first-order valence-electron chi connectivity index (χ1n) is 6.08. The zero-order valence-corrected chi connectivity index (χ0v) is 11.2. The number of fused-ring (bicyclic) bond motifs is 1. The van der Waals surface area contributed by atoms with Crippen LogP contribution in [0, 0.1) is 6.92 Å². The molecule has 0 saturated carbocycles. The molecule has 3 rings (SSSR count). The smallest absolute Gasteiger partial charge is 0.0737 e. The van der Waals surface area contributed by atoms with E-state index in [1.807, 2.05) is 6.07 Å². The third-order valence-electron chi connectivity index (χ3n) is 3.29.